The van der Waals surface area contributed by atoms with E-state index < -0.39 is 30.3 Å². The molecule has 1 atom stereocenters. The van der Waals surface area contributed by atoms with E-state index in [-0.39, 0.29) is 5.69 Å². The summed E-state index contributed by atoms with van der Waals surface area (Å²) >= 11 is 0. The van der Waals surface area contributed by atoms with Gasteiger partial charge in [-0.3, -0.25) is 4.79 Å². The van der Waals surface area contributed by atoms with E-state index in [2.05, 4.69) is 0 Å². The van der Waals surface area contributed by atoms with Crippen molar-refractivity contribution in [1.29, 1.82) is 0 Å². The number of aliphatic hydroxyl groups excluding tert-OH is 1. The Kier molecular flexibility index (Phi) is 4.08. The lowest BCUT2D eigenvalue weighted by atomic mass is 10.1. The van der Waals surface area contributed by atoms with E-state index in [0.717, 1.165) is 12.1 Å². The summed E-state index contributed by atoms with van der Waals surface area (Å²) in [6.45, 7) is -0.639. The van der Waals surface area contributed by atoms with Gasteiger partial charge in [-0.2, -0.15) is 13.2 Å². The lowest BCUT2D eigenvalue weighted by Gasteiger charge is -2.15. The molecular formula is C10H11F3N2O2. The van der Waals surface area contributed by atoms with Crippen LogP contribution in [0.3, 0.4) is 0 Å². The van der Waals surface area contributed by atoms with E-state index in [1.807, 2.05) is 5.32 Å². The molecule has 4 nitrogen and oxygen atoms in total. The second kappa shape index (κ2) is 5.15. The second-order valence-electron chi connectivity index (χ2n) is 3.32. The Labute approximate surface area is 95.2 Å². The molecule has 0 aromatic heterocycles. The fourth-order valence-corrected chi connectivity index (χ4v) is 1.15. The highest BCUT2D eigenvalue weighted by molar-refractivity contribution is 5.95. The van der Waals surface area contributed by atoms with Crippen molar-refractivity contribution in [3.05, 3.63) is 29.8 Å². The number of para-hydroxylation sites is 1. The summed E-state index contributed by atoms with van der Waals surface area (Å²) in [5.41, 5.74) is 3.84. The molecule has 0 saturated heterocycles. The molecule has 1 aromatic rings. The quantitative estimate of drug-likeness (QED) is 0.745. The molecule has 0 aliphatic rings. The van der Waals surface area contributed by atoms with Crippen LogP contribution < -0.4 is 11.1 Å². The molecule has 0 radical (unpaired) electrons. The number of aliphatic hydroxyl groups is 1. The van der Waals surface area contributed by atoms with Gasteiger partial charge in [0.25, 0.3) is 0 Å². The zero-order chi connectivity index (χ0) is 13.1. The number of carbonyl (C=O) groups is 1. The van der Waals surface area contributed by atoms with Crippen LogP contribution in [0.25, 0.3) is 0 Å². The molecule has 0 spiro atoms. The average Bonchev–Trinajstić information content (AvgIpc) is 2.27. The van der Waals surface area contributed by atoms with Gasteiger partial charge < -0.3 is 16.2 Å². The third-order valence-corrected chi connectivity index (χ3v) is 2.02. The van der Waals surface area contributed by atoms with E-state index in [4.69, 9.17) is 10.8 Å². The van der Waals surface area contributed by atoms with Gasteiger partial charge in [-0.15, -0.1) is 0 Å². The average molecular weight is 248 g/mol. The van der Waals surface area contributed by atoms with Crippen molar-refractivity contribution in [2.75, 3.05) is 11.9 Å². The van der Waals surface area contributed by atoms with Gasteiger partial charge in [-0.25, -0.2) is 0 Å². The summed E-state index contributed by atoms with van der Waals surface area (Å²) < 4.78 is 37.6. The van der Waals surface area contributed by atoms with Gasteiger partial charge in [-0.1, -0.05) is 12.1 Å². The molecule has 94 valence electrons. The fourth-order valence-electron chi connectivity index (χ4n) is 1.15. The van der Waals surface area contributed by atoms with Crippen LogP contribution >= 0.6 is 0 Å². The number of halogens is 3. The predicted octanol–water partition coefficient (Wildman–Crippen LogP) is 0.964. The molecule has 1 unspecified atom stereocenters. The maximum Gasteiger partial charge on any atom is 0.418 e. The van der Waals surface area contributed by atoms with Gasteiger partial charge in [0.1, 0.15) is 6.04 Å². The molecule has 4 N–H and O–H groups in total. The number of hydrogen-bond donors (Lipinski definition) is 3. The first-order valence-corrected chi connectivity index (χ1v) is 4.69. The van der Waals surface area contributed by atoms with Crippen LogP contribution in [0, 0.1) is 0 Å². The highest BCUT2D eigenvalue weighted by Gasteiger charge is 2.33. The molecule has 17 heavy (non-hydrogen) atoms. The molecule has 0 aliphatic heterocycles. The molecule has 0 aliphatic carbocycles. The maximum absolute atomic E-state index is 12.5. The van der Waals surface area contributed by atoms with E-state index in [0.29, 0.717) is 0 Å². The number of benzene rings is 1. The summed E-state index contributed by atoms with van der Waals surface area (Å²) in [6, 6.07) is 3.28. The zero-order valence-corrected chi connectivity index (χ0v) is 8.66. The fraction of sp³-hybridized carbons (Fsp3) is 0.300. The van der Waals surface area contributed by atoms with Crippen molar-refractivity contribution in [2.45, 2.75) is 12.2 Å². The molecule has 0 heterocycles. The number of nitrogens with one attached hydrogen (secondary N) is 1. The van der Waals surface area contributed by atoms with Crippen LogP contribution in [0.4, 0.5) is 18.9 Å². The monoisotopic (exact) mass is 248 g/mol. The molecule has 1 amide bonds. The SMILES string of the molecule is NC(CO)C(=O)Nc1ccccc1C(F)(F)F. The van der Waals surface area contributed by atoms with Gasteiger partial charge >= 0.3 is 6.18 Å². The Hall–Kier alpha value is -1.60. The number of anilines is 1. The lowest BCUT2D eigenvalue weighted by Crippen LogP contribution is -2.38. The van der Waals surface area contributed by atoms with Crippen LogP contribution in [0.1, 0.15) is 5.56 Å². The minimum atomic E-state index is -4.56. The zero-order valence-electron chi connectivity index (χ0n) is 8.66. The Balaban J connectivity index is 2.96. The van der Waals surface area contributed by atoms with Crippen molar-refractivity contribution in [1.82, 2.24) is 0 Å². The van der Waals surface area contributed by atoms with Crippen LogP contribution in [0.5, 0.6) is 0 Å². The number of rotatable bonds is 3. The second-order valence-corrected chi connectivity index (χ2v) is 3.32. The first-order valence-electron chi connectivity index (χ1n) is 4.69. The summed E-state index contributed by atoms with van der Waals surface area (Å²) in [6.07, 6.45) is -4.56. The summed E-state index contributed by atoms with van der Waals surface area (Å²) in [7, 11) is 0. The van der Waals surface area contributed by atoms with Crippen LogP contribution in [0.15, 0.2) is 24.3 Å². The molecule has 0 bridgehead atoms. The molecule has 1 aromatic carbocycles. The predicted molar refractivity (Wildman–Crippen MR) is 55.1 cm³/mol. The number of nitrogens with two attached hydrogens (primary N) is 1. The highest BCUT2D eigenvalue weighted by atomic mass is 19.4. The van der Waals surface area contributed by atoms with Crippen molar-refractivity contribution in [3.63, 3.8) is 0 Å². The Morgan fingerprint density at radius 3 is 2.53 bits per heavy atom. The van der Waals surface area contributed by atoms with Crippen molar-refractivity contribution in [3.8, 4) is 0 Å². The first-order chi connectivity index (χ1) is 7.86. The number of alkyl halides is 3. The van der Waals surface area contributed by atoms with Crippen molar-refractivity contribution < 1.29 is 23.1 Å². The standard InChI is InChI=1S/C10H11F3N2O2/c11-10(12,13)6-3-1-2-4-8(6)15-9(17)7(14)5-16/h1-4,7,16H,5,14H2,(H,15,17). The third kappa shape index (κ3) is 3.43. The molecule has 7 heteroatoms. The van der Waals surface area contributed by atoms with Gasteiger partial charge in [0.15, 0.2) is 0 Å². The van der Waals surface area contributed by atoms with E-state index >= 15 is 0 Å². The largest absolute Gasteiger partial charge is 0.418 e. The van der Waals surface area contributed by atoms with Crippen LogP contribution in [-0.4, -0.2) is 23.7 Å². The minimum Gasteiger partial charge on any atom is -0.394 e. The maximum atomic E-state index is 12.5. The normalized spacial score (nSPS) is 13.2. The van der Waals surface area contributed by atoms with E-state index in [9.17, 15) is 18.0 Å². The summed E-state index contributed by atoms with van der Waals surface area (Å²) in [5, 5.41) is 10.6. The molecule has 0 saturated carbocycles. The van der Waals surface area contributed by atoms with Gasteiger partial charge in [0.2, 0.25) is 5.91 Å². The lowest BCUT2D eigenvalue weighted by molar-refractivity contribution is -0.137. The van der Waals surface area contributed by atoms with Gasteiger partial charge in [0.05, 0.1) is 17.9 Å². The third-order valence-electron chi connectivity index (χ3n) is 2.02. The smallest absolute Gasteiger partial charge is 0.394 e. The van der Waals surface area contributed by atoms with Crippen LogP contribution in [0.2, 0.25) is 0 Å². The number of amides is 1. The summed E-state index contributed by atoms with van der Waals surface area (Å²) in [4.78, 5) is 11.3. The first kappa shape index (κ1) is 13.5. The van der Waals surface area contributed by atoms with E-state index in [1.165, 1.54) is 12.1 Å². The number of carbonyl (C=O) groups excluding carboxylic acids is 1. The molecular weight excluding hydrogens is 237 g/mol. The molecule has 0 fully saturated rings. The minimum absolute atomic E-state index is 0.381. The van der Waals surface area contributed by atoms with E-state index in [1.54, 1.807) is 0 Å². The van der Waals surface area contributed by atoms with Crippen molar-refractivity contribution >= 4 is 11.6 Å². The molecule has 1 rings (SSSR count). The van der Waals surface area contributed by atoms with Gasteiger partial charge in [-0.05, 0) is 12.1 Å². The Morgan fingerprint density at radius 2 is 2.00 bits per heavy atom. The van der Waals surface area contributed by atoms with Crippen LogP contribution in [-0.2, 0) is 11.0 Å². The van der Waals surface area contributed by atoms with Crippen molar-refractivity contribution in [2.24, 2.45) is 5.73 Å². The topological polar surface area (TPSA) is 75.3 Å². The number of hydrogen-bond acceptors (Lipinski definition) is 3. The Bertz CT molecular complexity index is 407. The Morgan fingerprint density at radius 1 is 1.41 bits per heavy atom. The van der Waals surface area contributed by atoms with Gasteiger partial charge in [0, 0.05) is 0 Å². The highest BCUT2D eigenvalue weighted by Crippen LogP contribution is 2.34. The summed E-state index contributed by atoms with van der Waals surface area (Å²) in [5.74, 6) is -0.871.